The van der Waals surface area contributed by atoms with Crippen molar-refractivity contribution in [1.29, 1.82) is 0 Å². The number of nitrogens with zero attached hydrogens (tertiary/aromatic N) is 2. The molecule has 0 fully saturated rings. The molecule has 0 N–H and O–H groups in total. The maximum absolute atomic E-state index is 5.39. The highest BCUT2D eigenvalue weighted by Gasteiger charge is 2.26. The van der Waals surface area contributed by atoms with Gasteiger partial charge in [0.1, 0.15) is 10.8 Å². The van der Waals surface area contributed by atoms with Gasteiger partial charge >= 0.3 is 0 Å². The molecule has 1 aliphatic heterocycles. The van der Waals surface area contributed by atoms with E-state index in [0.29, 0.717) is 0 Å². The lowest BCUT2D eigenvalue weighted by Crippen LogP contribution is -2.07. The van der Waals surface area contributed by atoms with E-state index in [2.05, 4.69) is 97.1 Å². The van der Waals surface area contributed by atoms with Crippen LogP contribution >= 0.6 is 23.5 Å². The lowest BCUT2D eigenvalue weighted by Gasteiger charge is -2.20. The summed E-state index contributed by atoms with van der Waals surface area (Å²) in [5.74, 6) is 0.847. The van der Waals surface area contributed by atoms with Crippen molar-refractivity contribution in [2.45, 2.75) is 26.5 Å². The van der Waals surface area contributed by atoms with E-state index in [1.165, 1.54) is 15.4 Å². The number of aromatic nitrogens is 1. The van der Waals surface area contributed by atoms with Crippen LogP contribution in [0.1, 0.15) is 22.8 Å². The largest absolute Gasteiger partial charge is 0.497 e. The van der Waals surface area contributed by atoms with Crippen LogP contribution < -0.4 is 4.74 Å². The van der Waals surface area contributed by atoms with Gasteiger partial charge in [-0.3, -0.25) is 4.99 Å². The molecule has 0 amide bonds. The topological polar surface area (TPSA) is 34.5 Å². The van der Waals surface area contributed by atoms with E-state index in [-0.39, 0.29) is 5.25 Å². The molecule has 176 valence electrons. The van der Waals surface area contributed by atoms with Gasteiger partial charge in [-0.05, 0) is 71.8 Å². The van der Waals surface area contributed by atoms with Crippen LogP contribution in [-0.2, 0) is 0 Å². The monoisotopic (exact) mass is 504 g/mol. The Morgan fingerprint density at radius 3 is 2.42 bits per heavy atom. The summed E-state index contributed by atoms with van der Waals surface area (Å²) in [7, 11) is 1.69. The number of hydrogen-bond donors (Lipinski definition) is 0. The fraction of sp³-hybridized carbons (Fsp3) is 0.0968. The van der Waals surface area contributed by atoms with Crippen LogP contribution in [0.4, 0.5) is 5.69 Å². The number of methoxy groups -OCH3 is 1. The number of ether oxygens (including phenoxy) is 1. The van der Waals surface area contributed by atoms with Gasteiger partial charge in [0.25, 0.3) is 0 Å². The van der Waals surface area contributed by atoms with Crippen LogP contribution in [0.25, 0.3) is 10.9 Å². The average Bonchev–Trinajstić information content (AvgIpc) is 3.13. The molecule has 1 unspecified atom stereocenters. The quantitative estimate of drug-likeness (QED) is 0.240. The Bertz CT molecular complexity index is 1550. The Balaban J connectivity index is 1.48. The fourth-order valence-corrected chi connectivity index (χ4v) is 6.68. The predicted molar refractivity (Wildman–Crippen MR) is 151 cm³/mol. The first-order valence-corrected chi connectivity index (χ1v) is 13.6. The Morgan fingerprint density at radius 2 is 1.58 bits per heavy atom. The number of thioether (sulfide) groups is 1. The summed E-state index contributed by atoms with van der Waals surface area (Å²) in [5, 5.41) is 2.37. The number of pyridine rings is 1. The van der Waals surface area contributed by atoms with E-state index >= 15 is 0 Å². The molecule has 4 aromatic carbocycles. The number of benzene rings is 4. The zero-order valence-electron chi connectivity index (χ0n) is 19.8. The first kappa shape index (κ1) is 22.9. The van der Waals surface area contributed by atoms with Crippen molar-refractivity contribution in [3.63, 3.8) is 0 Å². The third-order valence-electron chi connectivity index (χ3n) is 6.21. The van der Waals surface area contributed by atoms with E-state index < -0.39 is 0 Å². The van der Waals surface area contributed by atoms with Gasteiger partial charge in [0.2, 0.25) is 0 Å². The summed E-state index contributed by atoms with van der Waals surface area (Å²) in [6.07, 6.45) is 0.800. The number of aliphatic imine (C=N–C) groups is 1. The molecule has 0 spiro atoms. The first-order chi connectivity index (χ1) is 17.8. The zero-order chi connectivity index (χ0) is 24.3. The van der Waals surface area contributed by atoms with Crippen molar-refractivity contribution in [1.82, 2.24) is 4.98 Å². The number of fused-ring (bicyclic) bond motifs is 2. The minimum Gasteiger partial charge on any atom is -0.497 e. The smallest absolute Gasteiger partial charge is 0.118 e. The summed E-state index contributed by atoms with van der Waals surface area (Å²) in [4.78, 5) is 12.7. The Hall–Kier alpha value is -3.54. The SMILES string of the molecule is COc1ccc(C2=Nc3ccccc3SC(c3cc4ccccc4nc3Sc3ccccc3)C2)cc1. The van der Waals surface area contributed by atoms with E-state index in [1.807, 2.05) is 23.9 Å². The van der Waals surface area contributed by atoms with E-state index in [0.717, 1.165) is 45.1 Å². The molecular formula is C31H24N2OS2. The molecular weight excluding hydrogens is 480 g/mol. The third-order valence-corrected chi connectivity index (χ3v) is 8.55. The zero-order valence-corrected chi connectivity index (χ0v) is 21.4. The highest BCUT2D eigenvalue weighted by molar-refractivity contribution is 8.00. The van der Waals surface area contributed by atoms with E-state index in [4.69, 9.17) is 14.7 Å². The van der Waals surface area contributed by atoms with Crippen molar-refractivity contribution >= 4 is 45.8 Å². The molecule has 5 aromatic rings. The van der Waals surface area contributed by atoms with Crippen LogP contribution in [0.2, 0.25) is 0 Å². The molecule has 0 radical (unpaired) electrons. The molecule has 36 heavy (non-hydrogen) atoms. The maximum atomic E-state index is 5.39. The summed E-state index contributed by atoms with van der Waals surface area (Å²) in [6.45, 7) is 0. The lowest BCUT2D eigenvalue weighted by molar-refractivity contribution is 0.415. The predicted octanol–water partition coefficient (Wildman–Crippen LogP) is 8.75. The van der Waals surface area contributed by atoms with Gasteiger partial charge in [0, 0.05) is 32.6 Å². The van der Waals surface area contributed by atoms with Crippen LogP contribution in [0.15, 0.2) is 129 Å². The molecule has 0 saturated carbocycles. The standard InChI is InChI=1S/C31H24N2OS2/c1-34-23-17-15-21(16-18-23)28-20-30(36-29-14-8-7-13-27(29)32-28)25-19-22-9-5-6-12-26(22)33-31(25)35-24-10-3-2-4-11-24/h2-19,30H,20H2,1H3. The average molecular weight is 505 g/mol. The summed E-state index contributed by atoms with van der Waals surface area (Å²) >= 11 is 3.61. The highest BCUT2D eigenvalue weighted by Crippen LogP contribution is 2.48. The van der Waals surface area contributed by atoms with Crippen LogP contribution in [0.5, 0.6) is 5.75 Å². The van der Waals surface area contributed by atoms with Gasteiger partial charge < -0.3 is 4.74 Å². The molecule has 1 aromatic heterocycles. The molecule has 2 heterocycles. The van der Waals surface area contributed by atoms with Crippen molar-refractivity contribution < 1.29 is 4.74 Å². The van der Waals surface area contributed by atoms with Gasteiger partial charge in [-0.15, -0.1) is 11.8 Å². The second-order valence-electron chi connectivity index (χ2n) is 8.56. The molecule has 1 atom stereocenters. The second-order valence-corrected chi connectivity index (χ2v) is 10.9. The number of para-hydroxylation sites is 2. The molecule has 5 heteroatoms. The van der Waals surface area contributed by atoms with Crippen molar-refractivity contribution in [2.24, 2.45) is 4.99 Å². The van der Waals surface area contributed by atoms with Crippen molar-refractivity contribution in [3.8, 4) is 5.75 Å². The Labute approximate surface area is 219 Å². The fourth-order valence-electron chi connectivity index (χ4n) is 4.38. The van der Waals surface area contributed by atoms with Gasteiger partial charge in [-0.2, -0.15) is 0 Å². The Morgan fingerprint density at radius 1 is 0.833 bits per heavy atom. The van der Waals surface area contributed by atoms with Crippen LogP contribution in [0, 0.1) is 0 Å². The second kappa shape index (κ2) is 10.2. The van der Waals surface area contributed by atoms with Crippen molar-refractivity contribution in [3.05, 3.63) is 120 Å². The molecule has 3 nitrogen and oxygen atoms in total. The van der Waals surface area contributed by atoms with Crippen LogP contribution in [-0.4, -0.2) is 17.8 Å². The van der Waals surface area contributed by atoms with Crippen LogP contribution in [0.3, 0.4) is 0 Å². The maximum Gasteiger partial charge on any atom is 0.118 e. The third kappa shape index (κ3) is 4.77. The summed E-state index contributed by atoms with van der Waals surface area (Å²) in [5.41, 5.74) is 5.46. The minimum absolute atomic E-state index is 0.165. The van der Waals surface area contributed by atoms with E-state index in [9.17, 15) is 0 Å². The highest BCUT2D eigenvalue weighted by atomic mass is 32.2. The Kier molecular flexibility index (Phi) is 6.50. The molecule has 0 bridgehead atoms. The molecule has 6 rings (SSSR count). The van der Waals surface area contributed by atoms with E-state index in [1.54, 1.807) is 18.9 Å². The van der Waals surface area contributed by atoms with Gasteiger partial charge in [0.05, 0.1) is 18.3 Å². The van der Waals surface area contributed by atoms with Gasteiger partial charge in [0.15, 0.2) is 0 Å². The summed E-state index contributed by atoms with van der Waals surface area (Å²) < 4.78 is 5.39. The molecule has 0 aliphatic carbocycles. The minimum atomic E-state index is 0.165. The normalized spacial score (nSPS) is 15.1. The van der Waals surface area contributed by atoms with Crippen molar-refractivity contribution in [2.75, 3.05) is 7.11 Å². The number of hydrogen-bond acceptors (Lipinski definition) is 5. The molecule has 1 aliphatic rings. The van der Waals surface area contributed by atoms with Gasteiger partial charge in [-0.25, -0.2) is 4.98 Å². The summed E-state index contributed by atoms with van der Waals surface area (Å²) in [6, 6.07) is 37.8. The first-order valence-electron chi connectivity index (χ1n) is 11.9. The lowest BCUT2D eigenvalue weighted by atomic mass is 10.0. The number of rotatable bonds is 5. The van der Waals surface area contributed by atoms with Gasteiger partial charge in [-0.1, -0.05) is 60.3 Å². The molecule has 0 saturated heterocycles.